The number of carbonyl (C=O) groups excluding carboxylic acids is 1. The molecule has 0 amide bonds. The lowest BCUT2D eigenvalue weighted by atomic mass is 10.2. The van der Waals surface area contributed by atoms with Gasteiger partial charge in [-0.25, -0.2) is 0 Å². The van der Waals surface area contributed by atoms with Crippen LogP contribution in [0.2, 0.25) is 0 Å². The van der Waals surface area contributed by atoms with Crippen LogP contribution in [0.4, 0.5) is 0 Å². The van der Waals surface area contributed by atoms with Gasteiger partial charge in [-0.3, -0.25) is 4.79 Å². The van der Waals surface area contributed by atoms with E-state index in [-0.39, 0.29) is 12.0 Å². The SMILES string of the molecule is CCN(CC)CC(C)NC(C)CC(=O)OC. The molecule has 4 heteroatoms. The van der Waals surface area contributed by atoms with Gasteiger partial charge in [-0.05, 0) is 26.9 Å². The third-order valence-corrected chi connectivity index (χ3v) is 2.70. The molecule has 0 fully saturated rings. The van der Waals surface area contributed by atoms with Crippen molar-refractivity contribution in [3.05, 3.63) is 0 Å². The fraction of sp³-hybridized carbons (Fsp3) is 0.917. The predicted molar refractivity (Wildman–Crippen MR) is 66.5 cm³/mol. The maximum atomic E-state index is 11.1. The van der Waals surface area contributed by atoms with E-state index in [1.165, 1.54) is 7.11 Å². The van der Waals surface area contributed by atoms with E-state index in [1.807, 2.05) is 6.92 Å². The van der Waals surface area contributed by atoms with Gasteiger partial charge in [0, 0.05) is 18.6 Å². The van der Waals surface area contributed by atoms with Gasteiger partial charge < -0.3 is 15.0 Å². The Morgan fingerprint density at radius 2 is 1.81 bits per heavy atom. The summed E-state index contributed by atoms with van der Waals surface area (Å²) in [7, 11) is 1.42. The van der Waals surface area contributed by atoms with Crippen molar-refractivity contribution >= 4 is 5.97 Å². The molecule has 0 aliphatic heterocycles. The van der Waals surface area contributed by atoms with Crippen LogP contribution < -0.4 is 5.32 Å². The lowest BCUT2D eigenvalue weighted by Gasteiger charge is -2.25. The van der Waals surface area contributed by atoms with E-state index in [1.54, 1.807) is 0 Å². The molecule has 4 nitrogen and oxygen atoms in total. The third kappa shape index (κ3) is 6.80. The van der Waals surface area contributed by atoms with Gasteiger partial charge in [-0.1, -0.05) is 13.8 Å². The molecule has 0 spiro atoms. The summed E-state index contributed by atoms with van der Waals surface area (Å²) in [6, 6.07) is 0.553. The average molecular weight is 230 g/mol. The van der Waals surface area contributed by atoms with E-state index in [0.29, 0.717) is 12.5 Å². The summed E-state index contributed by atoms with van der Waals surface area (Å²) in [5, 5.41) is 3.40. The summed E-state index contributed by atoms with van der Waals surface area (Å²) in [5.74, 6) is -0.157. The van der Waals surface area contributed by atoms with Crippen LogP contribution in [0.25, 0.3) is 0 Å². The maximum absolute atomic E-state index is 11.1. The molecule has 0 aromatic carbocycles. The van der Waals surface area contributed by atoms with Crippen LogP contribution in [-0.4, -0.2) is 49.7 Å². The molecular formula is C12H26N2O2. The zero-order valence-electron chi connectivity index (χ0n) is 11.2. The molecule has 2 unspecified atom stereocenters. The van der Waals surface area contributed by atoms with Gasteiger partial charge in [-0.2, -0.15) is 0 Å². The first-order valence-corrected chi connectivity index (χ1v) is 6.08. The summed E-state index contributed by atoms with van der Waals surface area (Å²) in [6.45, 7) is 11.6. The number of rotatable bonds is 8. The highest BCUT2D eigenvalue weighted by Gasteiger charge is 2.13. The lowest BCUT2D eigenvalue weighted by Crippen LogP contribution is -2.43. The average Bonchev–Trinajstić information content (AvgIpc) is 2.25. The Balaban J connectivity index is 3.85. The molecule has 0 rings (SSSR count). The number of carbonyl (C=O) groups is 1. The minimum Gasteiger partial charge on any atom is -0.469 e. The molecule has 0 radical (unpaired) electrons. The number of hydrogen-bond donors (Lipinski definition) is 1. The zero-order valence-corrected chi connectivity index (χ0v) is 11.2. The molecule has 0 saturated heterocycles. The van der Waals surface area contributed by atoms with Crippen molar-refractivity contribution in [3.63, 3.8) is 0 Å². The van der Waals surface area contributed by atoms with E-state index in [2.05, 4.69) is 35.7 Å². The van der Waals surface area contributed by atoms with Crippen LogP contribution in [0.5, 0.6) is 0 Å². The normalized spacial score (nSPS) is 14.9. The van der Waals surface area contributed by atoms with Crippen LogP contribution >= 0.6 is 0 Å². The second-order valence-corrected chi connectivity index (χ2v) is 4.23. The highest BCUT2D eigenvalue weighted by Crippen LogP contribution is 1.97. The molecule has 16 heavy (non-hydrogen) atoms. The van der Waals surface area contributed by atoms with Gasteiger partial charge in [0.2, 0.25) is 0 Å². The Morgan fingerprint density at radius 1 is 1.25 bits per heavy atom. The number of ether oxygens (including phenoxy) is 1. The Kier molecular flexibility index (Phi) is 8.21. The first-order chi connectivity index (χ1) is 7.53. The Labute approximate surface area is 99.3 Å². The number of methoxy groups -OCH3 is 1. The summed E-state index contributed by atoms with van der Waals surface area (Å²) in [6.07, 6.45) is 0.430. The fourth-order valence-electron chi connectivity index (χ4n) is 1.80. The minimum absolute atomic E-state index is 0.157. The summed E-state index contributed by atoms with van der Waals surface area (Å²) in [4.78, 5) is 13.4. The lowest BCUT2D eigenvalue weighted by molar-refractivity contribution is -0.141. The third-order valence-electron chi connectivity index (χ3n) is 2.70. The van der Waals surface area contributed by atoms with Gasteiger partial charge in [0.05, 0.1) is 13.5 Å². The van der Waals surface area contributed by atoms with Gasteiger partial charge in [0.15, 0.2) is 0 Å². The van der Waals surface area contributed by atoms with E-state index in [4.69, 9.17) is 0 Å². The van der Waals surface area contributed by atoms with Crippen LogP contribution in [0.3, 0.4) is 0 Å². The molecule has 0 heterocycles. The maximum Gasteiger partial charge on any atom is 0.307 e. The second kappa shape index (κ2) is 8.53. The molecule has 2 atom stereocenters. The minimum atomic E-state index is -0.157. The van der Waals surface area contributed by atoms with E-state index in [0.717, 1.165) is 19.6 Å². The quantitative estimate of drug-likeness (QED) is 0.637. The summed E-state index contributed by atoms with van der Waals surface area (Å²) < 4.78 is 4.64. The van der Waals surface area contributed by atoms with Crippen molar-refractivity contribution in [1.82, 2.24) is 10.2 Å². The van der Waals surface area contributed by atoms with Crippen molar-refractivity contribution < 1.29 is 9.53 Å². The fourth-order valence-corrected chi connectivity index (χ4v) is 1.80. The van der Waals surface area contributed by atoms with Crippen molar-refractivity contribution in [2.24, 2.45) is 0 Å². The van der Waals surface area contributed by atoms with Gasteiger partial charge in [-0.15, -0.1) is 0 Å². The highest BCUT2D eigenvalue weighted by molar-refractivity contribution is 5.69. The van der Waals surface area contributed by atoms with Crippen molar-refractivity contribution in [1.29, 1.82) is 0 Å². The van der Waals surface area contributed by atoms with Crippen molar-refractivity contribution in [2.45, 2.75) is 46.2 Å². The molecule has 0 aliphatic carbocycles. The first kappa shape index (κ1) is 15.4. The second-order valence-electron chi connectivity index (χ2n) is 4.23. The Bertz CT molecular complexity index is 193. The van der Waals surface area contributed by atoms with Crippen LogP contribution in [-0.2, 0) is 9.53 Å². The number of esters is 1. The predicted octanol–water partition coefficient (Wildman–Crippen LogP) is 1.26. The molecule has 0 aromatic rings. The zero-order chi connectivity index (χ0) is 12.6. The molecule has 0 aromatic heterocycles. The topological polar surface area (TPSA) is 41.6 Å². The number of nitrogens with one attached hydrogen (secondary N) is 1. The number of hydrogen-bond acceptors (Lipinski definition) is 4. The Hall–Kier alpha value is -0.610. The summed E-state index contributed by atoms with van der Waals surface area (Å²) in [5.41, 5.74) is 0. The van der Waals surface area contributed by atoms with Gasteiger partial charge in [0.25, 0.3) is 0 Å². The van der Waals surface area contributed by atoms with Crippen LogP contribution in [0.15, 0.2) is 0 Å². The molecule has 0 bridgehead atoms. The van der Waals surface area contributed by atoms with E-state index in [9.17, 15) is 4.79 Å². The standard InChI is InChI=1S/C12H26N2O2/c1-6-14(7-2)9-11(4)13-10(3)8-12(15)16-5/h10-11,13H,6-9H2,1-5H3. The number of nitrogens with zero attached hydrogens (tertiary/aromatic N) is 1. The highest BCUT2D eigenvalue weighted by atomic mass is 16.5. The molecule has 0 aliphatic rings. The van der Waals surface area contributed by atoms with Gasteiger partial charge >= 0.3 is 5.97 Å². The molecule has 96 valence electrons. The summed E-state index contributed by atoms with van der Waals surface area (Å²) >= 11 is 0. The number of likely N-dealkylation sites (N-methyl/N-ethyl adjacent to an activating group) is 1. The van der Waals surface area contributed by atoms with Gasteiger partial charge in [0.1, 0.15) is 0 Å². The van der Waals surface area contributed by atoms with Crippen LogP contribution in [0, 0.1) is 0 Å². The first-order valence-electron chi connectivity index (χ1n) is 6.08. The smallest absolute Gasteiger partial charge is 0.307 e. The van der Waals surface area contributed by atoms with E-state index >= 15 is 0 Å². The van der Waals surface area contributed by atoms with Crippen molar-refractivity contribution in [3.8, 4) is 0 Å². The molecule has 0 saturated carbocycles. The monoisotopic (exact) mass is 230 g/mol. The van der Waals surface area contributed by atoms with E-state index < -0.39 is 0 Å². The molecular weight excluding hydrogens is 204 g/mol. The largest absolute Gasteiger partial charge is 0.469 e. The Morgan fingerprint density at radius 3 is 2.25 bits per heavy atom. The van der Waals surface area contributed by atoms with Crippen LogP contribution in [0.1, 0.15) is 34.1 Å². The molecule has 1 N–H and O–H groups in total. The van der Waals surface area contributed by atoms with Crippen molar-refractivity contribution in [2.75, 3.05) is 26.7 Å².